The molecule has 88 valence electrons. The Morgan fingerprint density at radius 3 is 1.07 bits per heavy atom. The molecule has 0 saturated carbocycles. The Balaban J connectivity index is -0.0000000625. The van der Waals surface area contributed by atoms with Gasteiger partial charge in [-0.25, -0.2) is 0 Å². The van der Waals surface area contributed by atoms with Crippen molar-refractivity contribution >= 4 is 45.9 Å². The second-order valence-corrected chi connectivity index (χ2v) is 2.29. The van der Waals surface area contributed by atoms with Crippen LogP contribution < -0.4 is 0 Å². The number of halogens is 2. The summed E-state index contributed by atoms with van der Waals surface area (Å²) in [7, 11) is 0. The van der Waals surface area contributed by atoms with Crippen LogP contribution in [0.15, 0.2) is 0 Å². The zero-order valence-corrected chi connectivity index (χ0v) is 11.8. The predicted molar refractivity (Wildman–Crippen MR) is 65.7 cm³/mol. The van der Waals surface area contributed by atoms with E-state index in [1.807, 2.05) is 13.8 Å². The quantitative estimate of drug-likeness (QED) is 0.827. The fraction of sp³-hybridized carbons (Fsp3) is 0.750. The SMILES string of the molecule is Br.Br.CCCC(=O)O.CCCC(=O)O. The third-order valence-corrected chi connectivity index (χ3v) is 0.928. The minimum absolute atomic E-state index is 0. The van der Waals surface area contributed by atoms with Crippen molar-refractivity contribution in [3.8, 4) is 0 Å². The lowest BCUT2D eigenvalue weighted by atomic mass is 10.4. The van der Waals surface area contributed by atoms with Gasteiger partial charge in [-0.05, 0) is 12.8 Å². The average Bonchev–Trinajstić information content (AvgIpc) is 1.87. The third kappa shape index (κ3) is 40.6. The minimum Gasteiger partial charge on any atom is -0.481 e. The lowest BCUT2D eigenvalue weighted by molar-refractivity contribution is -0.138. The molecule has 6 heteroatoms. The van der Waals surface area contributed by atoms with E-state index < -0.39 is 11.9 Å². The zero-order chi connectivity index (χ0) is 9.98. The molecule has 0 aliphatic heterocycles. The molecule has 0 spiro atoms. The van der Waals surface area contributed by atoms with Crippen molar-refractivity contribution < 1.29 is 19.8 Å². The molecule has 2 N–H and O–H groups in total. The maximum atomic E-state index is 9.60. The highest BCUT2D eigenvalue weighted by Gasteiger charge is 1.88. The summed E-state index contributed by atoms with van der Waals surface area (Å²) in [5.41, 5.74) is 0. The van der Waals surface area contributed by atoms with Crippen LogP contribution >= 0.6 is 34.0 Å². The first kappa shape index (κ1) is 23.6. The minimum atomic E-state index is -0.711. The van der Waals surface area contributed by atoms with Crippen LogP contribution in [0.1, 0.15) is 39.5 Å². The van der Waals surface area contributed by atoms with E-state index in [2.05, 4.69) is 0 Å². The highest BCUT2D eigenvalue weighted by Crippen LogP contribution is 1.82. The fourth-order valence-electron chi connectivity index (χ4n) is 0.428. The standard InChI is InChI=1S/2C4H8O2.2BrH/c2*1-2-3-4(5)6;;/h2*2-3H2,1H3,(H,5,6);2*1H. The van der Waals surface area contributed by atoms with Crippen LogP contribution in [0.25, 0.3) is 0 Å². The van der Waals surface area contributed by atoms with Gasteiger partial charge in [-0.3, -0.25) is 9.59 Å². The van der Waals surface area contributed by atoms with Crippen LogP contribution in [0.2, 0.25) is 0 Å². The Morgan fingerprint density at radius 2 is 1.07 bits per heavy atom. The maximum Gasteiger partial charge on any atom is 0.303 e. The number of carboxylic acids is 2. The monoisotopic (exact) mass is 336 g/mol. The van der Waals surface area contributed by atoms with Gasteiger partial charge in [0.1, 0.15) is 0 Å². The third-order valence-electron chi connectivity index (χ3n) is 0.928. The van der Waals surface area contributed by atoms with Gasteiger partial charge in [0.2, 0.25) is 0 Å². The van der Waals surface area contributed by atoms with E-state index in [0.717, 1.165) is 12.8 Å². The van der Waals surface area contributed by atoms with Gasteiger partial charge in [-0.2, -0.15) is 0 Å². The number of rotatable bonds is 4. The van der Waals surface area contributed by atoms with Gasteiger partial charge >= 0.3 is 11.9 Å². The molecule has 0 rings (SSSR count). The number of carboxylic acid groups (broad SMARTS) is 2. The Hall–Kier alpha value is -0.100. The first-order valence-electron chi connectivity index (χ1n) is 3.98. The molecular weight excluding hydrogens is 320 g/mol. The second kappa shape index (κ2) is 18.6. The molecule has 4 nitrogen and oxygen atoms in total. The molecule has 0 heterocycles. The van der Waals surface area contributed by atoms with E-state index in [-0.39, 0.29) is 34.0 Å². The van der Waals surface area contributed by atoms with Crippen molar-refractivity contribution in [2.75, 3.05) is 0 Å². The molecule has 0 aromatic rings. The van der Waals surface area contributed by atoms with Gasteiger partial charge < -0.3 is 10.2 Å². The van der Waals surface area contributed by atoms with Crippen molar-refractivity contribution in [1.82, 2.24) is 0 Å². The predicted octanol–water partition coefficient (Wildman–Crippen LogP) is 2.90. The Morgan fingerprint density at radius 1 is 0.857 bits per heavy atom. The first-order valence-corrected chi connectivity index (χ1v) is 3.98. The van der Waals surface area contributed by atoms with E-state index >= 15 is 0 Å². The topological polar surface area (TPSA) is 74.6 Å². The smallest absolute Gasteiger partial charge is 0.303 e. The number of aliphatic carboxylic acids is 2. The van der Waals surface area contributed by atoms with E-state index in [1.54, 1.807) is 0 Å². The van der Waals surface area contributed by atoms with Gasteiger partial charge in [0, 0.05) is 12.8 Å². The normalized spacial score (nSPS) is 7.00. The summed E-state index contributed by atoms with van der Waals surface area (Å²) in [6.07, 6.45) is 2.05. The van der Waals surface area contributed by atoms with Gasteiger partial charge in [0.25, 0.3) is 0 Å². The molecule has 0 atom stereocenters. The summed E-state index contributed by atoms with van der Waals surface area (Å²) in [6, 6.07) is 0. The molecule has 0 amide bonds. The summed E-state index contributed by atoms with van der Waals surface area (Å²) < 4.78 is 0. The zero-order valence-electron chi connectivity index (χ0n) is 8.36. The van der Waals surface area contributed by atoms with Crippen LogP contribution in [-0.4, -0.2) is 22.2 Å². The van der Waals surface area contributed by atoms with E-state index in [4.69, 9.17) is 10.2 Å². The highest BCUT2D eigenvalue weighted by molar-refractivity contribution is 8.93. The molecule has 0 aromatic carbocycles. The van der Waals surface area contributed by atoms with Crippen LogP contribution in [-0.2, 0) is 9.59 Å². The summed E-state index contributed by atoms with van der Waals surface area (Å²) in [5, 5.41) is 15.8. The molecule has 0 fully saturated rings. The summed E-state index contributed by atoms with van der Waals surface area (Å²) in [5.74, 6) is -1.42. The summed E-state index contributed by atoms with van der Waals surface area (Å²) in [6.45, 7) is 3.68. The Bertz CT molecular complexity index is 123. The van der Waals surface area contributed by atoms with Crippen LogP contribution in [0.4, 0.5) is 0 Å². The largest absolute Gasteiger partial charge is 0.481 e. The van der Waals surface area contributed by atoms with E-state index in [9.17, 15) is 9.59 Å². The number of hydrogen-bond donors (Lipinski definition) is 2. The number of carbonyl (C=O) groups is 2. The summed E-state index contributed by atoms with van der Waals surface area (Å²) in [4.78, 5) is 19.2. The van der Waals surface area contributed by atoms with Crippen molar-refractivity contribution in [3.05, 3.63) is 0 Å². The van der Waals surface area contributed by atoms with Gasteiger partial charge in [-0.15, -0.1) is 34.0 Å². The maximum absolute atomic E-state index is 9.60. The lowest BCUT2D eigenvalue weighted by Crippen LogP contribution is -1.90. The fourth-order valence-corrected chi connectivity index (χ4v) is 0.428. The molecule has 0 aliphatic rings. The molecule has 14 heavy (non-hydrogen) atoms. The molecular formula is C8H18Br2O4. The molecule has 0 aliphatic carbocycles. The molecule has 0 bridgehead atoms. The van der Waals surface area contributed by atoms with Crippen molar-refractivity contribution in [3.63, 3.8) is 0 Å². The molecule has 0 unspecified atom stereocenters. The van der Waals surface area contributed by atoms with Crippen LogP contribution in [0.5, 0.6) is 0 Å². The molecule has 0 aromatic heterocycles. The molecule has 0 radical (unpaired) electrons. The lowest BCUT2D eigenvalue weighted by Gasteiger charge is -1.79. The number of hydrogen-bond acceptors (Lipinski definition) is 2. The van der Waals surface area contributed by atoms with Crippen molar-refractivity contribution in [1.29, 1.82) is 0 Å². The van der Waals surface area contributed by atoms with E-state index in [1.165, 1.54) is 0 Å². The average molecular weight is 338 g/mol. The Kier molecular flexibility index (Phi) is 31.4. The van der Waals surface area contributed by atoms with Crippen LogP contribution in [0.3, 0.4) is 0 Å². The first-order chi connectivity index (χ1) is 5.54. The summed E-state index contributed by atoms with van der Waals surface area (Å²) >= 11 is 0. The van der Waals surface area contributed by atoms with Crippen LogP contribution in [0, 0.1) is 0 Å². The van der Waals surface area contributed by atoms with E-state index in [0.29, 0.717) is 12.8 Å². The van der Waals surface area contributed by atoms with Gasteiger partial charge in [0.05, 0.1) is 0 Å². The van der Waals surface area contributed by atoms with Crippen molar-refractivity contribution in [2.24, 2.45) is 0 Å². The van der Waals surface area contributed by atoms with Gasteiger partial charge in [-0.1, -0.05) is 13.8 Å². The second-order valence-electron chi connectivity index (χ2n) is 2.29. The molecule has 0 saturated heterocycles. The van der Waals surface area contributed by atoms with Gasteiger partial charge in [0.15, 0.2) is 0 Å². The highest BCUT2D eigenvalue weighted by atomic mass is 79.9. The Labute approximate surface area is 105 Å². The van der Waals surface area contributed by atoms with Crippen molar-refractivity contribution in [2.45, 2.75) is 39.5 Å².